The van der Waals surface area contributed by atoms with Crippen LogP contribution in [0.5, 0.6) is 0 Å². The second-order valence-corrected chi connectivity index (χ2v) is 4.37. The van der Waals surface area contributed by atoms with Crippen molar-refractivity contribution in [2.75, 3.05) is 20.3 Å². The van der Waals surface area contributed by atoms with Crippen LogP contribution in [0.2, 0.25) is 0 Å². The van der Waals surface area contributed by atoms with Crippen LogP contribution >= 0.6 is 0 Å². The van der Waals surface area contributed by atoms with Gasteiger partial charge in [-0.1, -0.05) is 0 Å². The van der Waals surface area contributed by atoms with E-state index in [9.17, 15) is 5.11 Å². The van der Waals surface area contributed by atoms with Gasteiger partial charge in [0, 0.05) is 19.3 Å². The molecule has 1 rings (SSSR count). The van der Waals surface area contributed by atoms with E-state index >= 15 is 0 Å². The molecule has 0 saturated carbocycles. The fourth-order valence-electron chi connectivity index (χ4n) is 2.21. The zero-order valence-corrected chi connectivity index (χ0v) is 8.84. The van der Waals surface area contributed by atoms with Crippen LogP contribution in [0.4, 0.5) is 0 Å². The van der Waals surface area contributed by atoms with E-state index in [-0.39, 0.29) is 6.04 Å². The summed E-state index contributed by atoms with van der Waals surface area (Å²) in [6.45, 7) is 5.39. The van der Waals surface area contributed by atoms with Crippen molar-refractivity contribution in [2.45, 2.75) is 38.3 Å². The van der Waals surface area contributed by atoms with E-state index in [2.05, 4.69) is 5.32 Å². The monoisotopic (exact) mass is 187 g/mol. The van der Waals surface area contributed by atoms with Crippen molar-refractivity contribution >= 4 is 0 Å². The van der Waals surface area contributed by atoms with E-state index in [0.717, 1.165) is 26.1 Å². The first-order valence-corrected chi connectivity index (χ1v) is 5.03. The molecule has 0 amide bonds. The average Bonchev–Trinajstić information content (AvgIpc) is 2.05. The molecule has 0 bridgehead atoms. The maximum absolute atomic E-state index is 9.93. The van der Waals surface area contributed by atoms with Crippen molar-refractivity contribution in [3.8, 4) is 0 Å². The largest absolute Gasteiger partial charge is 0.389 e. The molecule has 3 heteroatoms. The minimum Gasteiger partial charge on any atom is -0.389 e. The Bertz CT molecular complexity index is 147. The summed E-state index contributed by atoms with van der Waals surface area (Å²) in [5, 5.41) is 13.1. The highest BCUT2D eigenvalue weighted by Crippen LogP contribution is 2.25. The van der Waals surface area contributed by atoms with Crippen molar-refractivity contribution in [2.24, 2.45) is 5.92 Å². The lowest BCUT2D eigenvalue weighted by Crippen LogP contribution is -2.51. The van der Waals surface area contributed by atoms with Crippen molar-refractivity contribution in [3.63, 3.8) is 0 Å². The van der Waals surface area contributed by atoms with Crippen LogP contribution in [0.3, 0.4) is 0 Å². The predicted molar refractivity (Wildman–Crippen MR) is 52.7 cm³/mol. The van der Waals surface area contributed by atoms with Crippen LogP contribution < -0.4 is 5.32 Å². The summed E-state index contributed by atoms with van der Waals surface area (Å²) in [4.78, 5) is 0. The Hall–Kier alpha value is -0.120. The normalized spacial score (nSPS) is 23.1. The van der Waals surface area contributed by atoms with Crippen LogP contribution in [0.15, 0.2) is 0 Å². The van der Waals surface area contributed by atoms with Gasteiger partial charge in [-0.05, 0) is 39.7 Å². The molecule has 3 nitrogen and oxygen atoms in total. The summed E-state index contributed by atoms with van der Waals surface area (Å²) in [6.07, 6.45) is 2.10. The Morgan fingerprint density at radius 1 is 1.38 bits per heavy atom. The van der Waals surface area contributed by atoms with Crippen LogP contribution in [0, 0.1) is 5.92 Å². The van der Waals surface area contributed by atoms with Gasteiger partial charge in [-0.3, -0.25) is 0 Å². The van der Waals surface area contributed by atoms with Gasteiger partial charge >= 0.3 is 0 Å². The highest BCUT2D eigenvalue weighted by molar-refractivity contribution is 4.89. The van der Waals surface area contributed by atoms with Crippen molar-refractivity contribution in [3.05, 3.63) is 0 Å². The number of hydrogen-bond donors (Lipinski definition) is 2. The van der Waals surface area contributed by atoms with Crippen LogP contribution in [0.1, 0.15) is 26.7 Å². The topological polar surface area (TPSA) is 41.5 Å². The van der Waals surface area contributed by atoms with Crippen molar-refractivity contribution in [1.29, 1.82) is 0 Å². The number of nitrogens with one attached hydrogen (secondary N) is 1. The molecule has 0 aromatic carbocycles. The maximum Gasteiger partial charge on any atom is 0.0746 e. The van der Waals surface area contributed by atoms with Gasteiger partial charge in [0.2, 0.25) is 0 Å². The third-order valence-electron chi connectivity index (χ3n) is 2.81. The number of likely N-dealkylation sites (N-methyl/N-ethyl adjacent to an activating group) is 1. The van der Waals surface area contributed by atoms with Gasteiger partial charge < -0.3 is 15.2 Å². The zero-order valence-electron chi connectivity index (χ0n) is 8.84. The SMILES string of the molecule is CNC(C1CCOCC1)C(C)(C)O. The fraction of sp³-hybridized carbons (Fsp3) is 1.00. The molecule has 1 heterocycles. The van der Waals surface area contributed by atoms with Crippen molar-refractivity contribution in [1.82, 2.24) is 5.32 Å². The molecule has 78 valence electrons. The molecular weight excluding hydrogens is 166 g/mol. The van der Waals surface area contributed by atoms with E-state index in [4.69, 9.17) is 4.74 Å². The molecular formula is C10H21NO2. The van der Waals surface area contributed by atoms with Gasteiger partial charge in [-0.15, -0.1) is 0 Å². The molecule has 13 heavy (non-hydrogen) atoms. The molecule has 1 atom stereocenters. The highest BCUT2D eigenvalue weighted by Gasteiger charge is 2.33. The Morgan fingerprint density at radius 2 is 1.92 bits per heavy atom. The number of hydrogen-bond acceptors (Lipinski definition) is 3. The molecule has 1 saturated heterocycles. The van der Waals surface area contributed by atoms with Gasteiger partial charge in [-0.2, -0.15) is 0 Å². The van der Waals surface area contributed by atoms with Gasteiger partial charge in [0.05, 0.1) is 5.60 Å². The number of aliphatic hydroxyl groups is 1. The Labute approximate surface area is 80.5 Å². The second kappa shape index (κ2) is 4.40. The van der Waals surface area contributed by atoms with Crippen LogP contribution in [0.25, 0.3) is 0 Å². The first-order chi connectivity index (χ1) is 6.05. The Balaban J connectivity index is 2.54. The van der Waals surface area contributed by atoms with Gasteiger partial charge in [-0.25, -0.2) is 0 Å². The summed E-state index contributed by atoms with van der Waals surface area (Å²) < 4.78 is 5.30. The predicted octanol–water partition coefficient (Wildman–Crippen LogP) is 0.772. The van der Waals surface area contributed by atoms with E-state index in [1.54, 1.807) is 0 Å². The molecule has 2 N–H and O–H groups in total. The summed E-state index contributed by atoms with van der Waals surface area (Å²) in [5.41, 5.74) is -0.642. The third kappa shape index (κ3) is 2.93. The van der Waals surface area contributed by atoms with E-state index < -0.39 is 5.60 Å². The lowest BCUT2D eigenvalue weighted by atomic mass is 9.82. The van der Waals surface area contributed by atoms with Crippen LogP contribution in [-0.4, -0.2) is 37.0 Å². The Morgan fingerprint density at radius 3 is 2.31 bits per heavy atom. The molecule has 1 aliphatic heterocycles. The third-order valence-corrected chi connectivity index (χ3v) is 2.81. The van der Waals surface area contributed by atoms with E-state index in [1.807, 2.05) is 20.9 Å². The summed E-state index contributed by atoms with van der Waals surface area (Å²) in [6, 6.07) is 0.177. The molecule has 0 aromatic rings. The maximum atomic E-state index is 9.93. The molecule has 0 radical (unpaired) electrons. The zero-order chi connectivity index (χ0) is 9.90. The van der Waals surface area contributed by atoms with Crippen molar-refractivity contribution < 1.29 is 9.84 Å². The summed E-state index contributed by atoms with van der Waals surface area (Å²) >= 11 is 0. The van der Waals surface area contributed by atoms with Gasteiger partial charge in [0.25, 0.3) is 0 Å². The van der Waals surface area contributed by atoms with Gasteiger partial charge in [0.1, 0.15) is 0 Å². The molecule has 1 fully saturated rings. The molecule has 1 unspecified atom stereocenters. The molecule has 0 aromatic heterocycles. The summed E-state index contributed by atoms with van der Waals surface area (Å²) in [7, 11) is 1.91. The Kier molecular flexibility index (Phi) is 3.71. The smallest absolute Gasteiger partial charge is 0.0746 e. The highest BCUT2D eigenvalue weighted by atomic mass is 16.5. The molecule has 0 spiro atoms. The first kappa shape index (κ1) is 11.0. The minimum absolute atomic E-state index is 0.177. The standard InChI is InChI=1S/C10H21NO2/c1-10(2,12)9(11-3)8-4-6-13-7-5-8/h8-9,11-12H,4-7H2,1-3H3. The summed E-state index contributed by atoms with van der Waals surface area (Å²) in [5.74, 6) is 0.541. The molecule has 1 aliphatic rings. The van der Waals surface area contributed by atoms with Gasteiger partial charge in [0.15, 0.2) is 0 Å². The van der Waals surface area contributed by atoms with E-state index in [1.165, 1.54) is 0 Å². The van der Waals surface area contributed by atoms with Crippen LogP contribution in [-0.2, 0) is 4.74 Å². The minimum atomic E-state index is -0.642. The number of ether oxygens (including phenoxy) is 1. The quantitative estimate of drug-likeness (QED) is 0.686. The lowest BCUT2D eigenvalue weighted by molar-refractivity contribution is -0.0178. The average molecular weight is 187 g/mol. The second-order valence-electron chi connectivity index (χ2n) is 4.37. The lowest BCUT2D eigenvalue weighted by Gasteiger charge is -2.37. The van der Waals surface area contributed by atoms with E-state index in [0.29, 0.717) is 5.92 Å². The molecule has 0 aliphatic carbocycles. The fourth-order valence-corrected chi connectivity index (χ4v) is 2.21. The first-order valence-electron chi connectivity index (χ1n) is 5.03. The number of rotatable bonds is 3.